The molecule has 2 rings (SSSR count). The van der Waals surface area contributed by atoms with E-state index < -0.39 is 24.5 Å². The highest BCUT2D eigenvalue weighted by atomic mass is 16.7. The second-order valence-electron chi connectivity index (χ2n) is 3.26. The molecule has 0 aliphatic carbocycles. The van der Waals surface area contributed by atoms with E-state index in [0.29, 0.717) is 6.61 Å². The highest BCUT2D eigenvalue weighted by Crippen LogP contribution is 2.31. The normalized spacial score (nSPS) is 46.0. The summed E-state index contributed by atoms with van der Waals surface area (Å²) in [6.07, 6.45) is -2.34. The van der Waals surface area contributed by atoms with E-state index in [2.05, 4.69) is 10.0 Å². The van der Waals surface area contributed by atoms with Crippen molar-refractivity contribution in [3.05, 3.63) is 10.4 Å². The first-order chi connectivity index (χ1) is 6.77. The third kappa shape index (κ3) is 1.35. The van der Waals surface area contributed by atoms with Crippen molar-refractivity contribution in [1.82, 2.24) is 0 Å². The number of azide groups is 1. The predicted molar refractivity (Wildman–Crippen MR) is 44.4 cm³/mol. The van der Waals surface area contributed by atoms with Crippen LogP contribution < -0.4 is 0 Å². The number of hydrogen-bond acceptors (Lipinski definition) is 5. The van der Waals surface area contributed by atoms with Crippen LogP contribution in [-0.4, -0.2) is 49.5 Å². The van der Waals surface area contributed by atoms with Gasteiger partial charge >= 0.3 is 0 Å². The van der Waals surface area contributed by atoms with Gasteiger partial charge in [0.15, 0.2) is 6.29 Å². The Labute approximate surface area is 80.2 Å². The fourth-order valence-corrected chi connectivity index (χ4v) is 1.83. The summed E-state index contributed by atoms with van der Waals surface area (Å²) in [6, 6.07) is -0.626. The maximum absolute atomic E-state index is 9.74. The molecule has 1 N–H and O–H groups in total. The van der Waals surface area contributed by atoms with Crippen LogP contribution in [0.1, 0.15) is 0 Å². The van der Waals surface area contributed by atoms with E-state index in [1.807, 2.05) is 0 Å². The van der Waals surface area contributed by atoms with Crippen LogP contribution in [0.25, 0.3) is 10.4 Å². The molecule has 7 heteroatoms. The van der Waals surface area contributed by atoms with E-state index in [9.17, 15) is 5.11 Å². The average Bonchev–Trinajstić information content (AvgIpc) is 2.61. The van der Waals surface area contributed by atoms with E-state index in [4.69, 9.17) is 19.7 Å². The Morgan fingerprint density at radius 2 is 2.43 bits per heavy atom. The lowest BCUT2D eigenvalue weighted by atomic mass is 9.99. The van der Waals surface area contributed by atoms with Crippen LogP contribution in [0.15, 0.2) is 5.11 Å². The number of ether oxygens (including phenoxy) is 3. The van der Waals surface area contributed by atoms with Gasteiger partial charge in [-0.05, 0) is 5.53 Å². The molecule has 2 aliphatic heterocycles. The van der Waals surface area contributed by atoms with Gasteiger partial charge in [0.2, 0.25) is 0 Å². The Morgan fingerprint density at radius 1 is 1.64 bits per heavy atom. The molecule has 0 radical (unpaired) electrons. The lowest BCUT2D eigenvalue weighted by Gasteiger charge is -2.35. The molecule has 14 heavy (non-hydrogen) atoms. The lowest BCUT2D eigenvalue weighted by molar-refractivity contribution is -0.185. The van der Waals surface area contributed by atoms with E-state index in [0.717, 1.165) is 0 Å². The molecule has 2 saturated heterocycles. The minimum atomic E-state index is -0.811. The zero-order valence-corrected chi connectivity index (χ0v) is 7.61. The van der Waals surface area contributed by atoms with Crippen molar-refractivity contribution in [2.24, 2.45) is 5.11 Å². The van der Waals surface area contributed by atoms with E-state index in [1.54, 1.807) is 0 Å². The van der Waals surface area contributed by atoms with Gasteiger partial charge in [-0.2, -0.15) is 0 Å². The number of fused-ring (bicyclic) bond motifs is 2. The van der Waals surface area contributed by atoms with Crippen LogP contribution in [-0.2, 0) is 14.2 Å². The standard InChI is InChI=1S/C7H11N3O4/c1-12-6-4(9-10-8)7-13-2-3(14-7)5(6)11/h3-7,11H,2H2,1H3/t3?,4?,5?,6-,7+/m0/s1. The Hall–Kier alpha value is -0.850. The molecule has 7 nitrogen and oxygen atoms in total. The van der Waals surface area contributed by atoms with Crippen LogP contribution in [0.3, 0.4) is 0 Å². The molecular weight excluding hydrogens is 190 g/mol. The number of rotatable bonds is 2. The zero-order valence-electron chi connectivity index (χ0n) is 7.61. The van der Waals surface area contributed by atoms with Gasteiger partial charge in [0, 0.05) is 12.0 Å². The average molecular weight is 201 g/mol. The Bertz CT molecular complexity index is 268. The summed E-state index contributed by atoms with van der Waals surface area (Å²) in [5.74, 6) is 0. The highest BCUT2D eigenvalue weighted by Gasteiger charge is 2.50. The topological polar surface area (TPSA) is 96.7 Å². The first-order valence-electron chi connectivity index (χ1n) is 4.30. The molecule has 2 bridgehead atoms. The summed E-state index contributed by atoms with van der Waals surface area (Å²) >= 11 is 0. The van der Waals surface area contributed by atoms with Gasteiger partial charge in [0.25, 0.3) is 0 Å². The predicted octanol–water partition coefficient (Wildman–Crippen LogP) is -0.204. The van der Waals surface area contributed by atoms with Crippen LogP contribution in [0.5, 0.6) is 0 Å². The monoisotopic (exact) mass is 201 g/mol. The molecule has 3 unspecified atom stereocenters. The van der Waals surface area contributed by atoms with Crippen molar-refractivity contribution >= 4 is 0 Å². The van der Waals surface area contributed by atoms with E-state index in [1.165, 1.54) is 7.11 Å². The van der Waals surface area contributed by atoms with Gasteiger partial charge in [0.1, 0.15) is 18.2 Å². The molecule has 0 aromatic heterocycles. The smallest absolute Gasteiger partial charge is 0.169 e. The molecule has 2 aliphatic rings. The Kier molecular flexibility index (Phi) is 2.58. The van der Waals surface area contributed by atoms with Crippen molar-refractivity contribution in [3.63, 3.8) is 0 Å². The molecule has 0 saturated carbocycles. The van der Waals surface area contributed by atoms with Gasteiger partial charge < -0.3 is 19.3 Å². The van der Waals surface area contributed by atoms with Crippen LogP contribution in [0.4, 0.5) is 0 Å². The first kappa shape index (κ1) is 9.70. The molecule has 0 amide bonds. The first-order valence-corrected chi connectivity index (χ1v) is 4.30. The largest absolute Gasteiger partial charge is 0.388 e. The Balaban J connectivity index is 2.23. The summed E-state index contributed by atoms with van der Waals surface area (Å²) in [5.41, 5.74) is 8.36. The van der Waals surface area contributed by atoms with Crippen LogP contribution in [0, 0.1) is 0 Å². The number of methoxy groups -OCH3 is 1. The van der Waals surface area contributed by atoms with E-state index in [-0.39, 0.29) is 6.10 Å². The fraction of sp³-hybridized carbons (Fsp3) is 1.00. The highest BCUT2D eigenvalue weighted by molar-refractivity contribution is 4.97. The van der Waals surface area contributed by atoms with Gasteiger partial charge in [-0.3, -0.25) is 0 Å². The molecule has 2 heterocycles. The molecule has 2 fully saturated rings. The van der Waals surface area contributed by atoms with Crippen molar-refractivity contribution < 1.29 is 19.3 Å². The third-order valence-corrected chi connectivity index (χ3v) is 2.52. The molecule has 0 aromatic rings. The number of aliphatic hydroxyl groups excluding tert-OH is 1. The van der Waals surface area contributed by atoms with Crippen molar-refractivity contribution in [3.8, 4) is 0 Å². The maximum Gasteiger partial charge on any atom is 0.169 e. The van der Waals surface area contributed by atoms with Gasteiger partial charge in [-0.15, -0.1) is 0 Å². The van der Waals surface area contributed by atoms with Crippen molar-refractivity contribution in [2.45, 2.75) is 30.6 Å². The summed E-state index contributed by atoms with van der Waals surface area (Å²) in [7, 11) is 1.46. The minimum absolute atomic E-state index is 0.309. The minimum Gasteiger partial charge on any atom is -0.388 e. The summed E-state index contributed by atoms with van der Waals surface area (Å²) in [4.78, 5) is 2.68. The summed E-state index contributed by atoms with van der Waals surface area (Å²) < 4.78 is 15.6. The second-order valence-corrected chi connectivity index (χ2v) is 3.26. The van der Waals surface area contributed by atoms with E-state index >= 15 is 0 Å². The van der Waals surface area contributed by atoms with Gasteiger partial charge in [-0.25, -0.2) is 0 Å². The molecule has 0 aromatic carbocycles. The molecule has 78 valence electrons. The number of nitrogens with zero attached hydrogens (tertiary/aromatic N) is 3. The van der Waals surface area contributed by atoms with Crippen LogP contribution >= 0.6 is 0 Å². The molecule has 5 atom stereocenters. The van der Waals surface area contributed by atoms with Gasteiger partial charge in [0.05, 0.1) is 12.7 Å². The summed E-state index contributed by atoms with van der Waals surface area (Å²) in [6.45, 7) is 0.309. The molecule has 0 spiro atoms. The molecular formula is C7H11N3O4. The van der Waals surface area contributed by atoms with Crippen molar-refractivity contribution in [2.75, 3.05) is 13.7 Å². The summed E-state index contributed by atoms with van der Waals surface area (Å²) in [5, 5.41) is 13.2. The van der Waals surface area contributed by atoms with Crippen LogP contribution in [0.2, 0.25) is 0 Å². The number of hydrogen-bond donors (Lipinski definition) is 1. The van der Waals surface area contributed by atoms with Gasteiger partial charge in [-0.1, -0.05) is 5.11 Å². The lowest BCUT2D eigenvalue weighted by Crippen LogP contribution is -2.53. The zero-order chi connectivity index (χ0) is 10.1. The second kappa shape index (κ2) is 3.72. The SMILES string of the molecule is CO[C@@H]1C(O)C2CO[C@H](O2)C1N=[N+]=[N-]. The quantitative estimate of drug-likeness (QED) is 0.380. The third-order valence-electron chi connectivity index (χ3n) is 2.52. The Morgan fingerprint density at radius 3 is 3.07 bits per heavy atom. The number of aliphatic hydroxyl groups is 1. The maximum atomic E-state index is 9.74. The van der Waals surface area contributed by atoms with Crippen molar-refractivity contribution in [1.29, 1.82) is 0 Å². The fourth-order valence-electron chi connectivity index (χ4n) is 1.83.